The Labute approximate surface area is 93.5 Å². The lowest BCUT2D eigenvalue weighted by molar-refractivity contribution is -0.122. The Balaban J connectivity index is 2.18. The zero-order valence-electron chi connectivity index (χ0n) is 9.20. The Hall–Kier alpha value is -1.17. The topological polar surface area (TPSA) is 66.9 Å². The van der Waals surface area contributed by atoms with Crippen LogP contribution in [0.4, 0.5) is 5.13 Å². The Morgan fingerprint density at radius 1 is 1.53 bits per heavy atom. The third kappa shape index (κ3) is 5.31. The monoisotopic (exact) mass is 228 g/mol. The van der Waals surface area contributed by atoms with Crippen LogP contribution in [-0.2, 0) is 4.79 Å². The molecule has 0 fully saturated rings. The van der Waals surface area contributed by atoms with E-state index in [4.69, 9.17) is 0 Å². The molecular formula is C9H16N4OS. The summed E-state index contributed by atoms with van der Waals surface area (Å²) in [5, 5.41) is 6.66. The Bertz CT molecular complexity index is 304. The molecule has 2 N–H and O–H groups in total. The van der Waals surface area contributed by atoms with E-state index >= 15 is 0 Å². The van der Waals surface area contributed by atoms with Crippen molar-refractivity contribution in [2.45, 2.75) is 32.7 Å². The van der Waals surface area contributed by atoms with Gasteiger partial charge in [-0.05, 0) is 20.8 Å². The Morgan fingerprint density at radius 3 is 2.80 bits per heavy atom. The van der Waals surface area contributed by atoms with E-state index in [1.807, 2.05) is 20.8 Å². The van der Waals surface area contributed by atoms with Gasteiger partial charge < -0.3 is 10.6 Å². The normalized spacial score (nSPS) is 11.1. The average Bonchev–Trinajstić information content (AvgIpc) is 2.53. The quantitative estimate of drug-likeness (QED) is 0.814. The average molecular weight is 228 g/mol. The van der Waals surface area contributed by atoms with Crippen LogP contribution in [-0.4, -0.2) is 27.3 Å². The van der Waals surface area contributed by atoms with Gasteiger partial charge >= 0.3 is 0 Å². The maximum absolute atomic E-state index is 11.4. The van der Waals surface area contributed by atoms with E-state index in [2.05, 4.69) is 20.0 Å². The van der Waals surface area contributed by atoms with Crippen molar-refractivity contribution < 1.29 is 4.79 Å². The van der Waals surface area contributed by atoms with E-state index in [-0.39, 0.29) is 11.4 Å². The summed E-state index contributed by atoms with van der Waals surface area (Å²) in [5.74, 6) is 0.0412. The zero-order chi connectivity index (χ0) is 11.3. The summed E-state index contributed by atoms with van der Waals surface area (Å²) in [5.41, 5.74) is -0.167. The van der Waals surface area contributed by atoms with Gasteiger partial charge in [-0.25, -0.2) is 4.98 Å². The van der Waals surface area contributed by atoms with Gasteiger partial charge in [-0.3, -0.25) is 4.79 Å². The highest BCUT2D eigenvalue weighted by Crippen LogP contribution is 2.06. The predicted octanol–water partition coefficient (Wildman–Crippen LogP) is 1.25. The van der Waals surface area contributed by atoms with Crippen LogP contribution in [0.25, 0.3) is 0 Å². The molecule has 1 aromatic rings. The molecule has 0 unspecified atom stereocenters. The molecule has 0 aliphatic rings. The fourth-order valence-electron chi connectivity index (χ4n) is 1.01. The van der Waals surface area contributed by atoms with Gasteiger partial charge in [-0.2, -0.15) is 4.37 Å². The first kappa shape index (κ1) is 11.9. The number of nitrogens with one attached hydrogen (secondary N) is 2. The Kier molecular flexibility index (Phi) is 4.02. The van der Waals surface area contributed by atoms with E-state index in [1.54, 1.807) is 0 Å². The van der Waals surface area contributed by atoms with E-state index < -0.39 is 0 Å². The van der Waals surface area contributed by atoms with E-state index in [9.17, 15) is 4.79 Å². The van der Waals surface area contributed by atoms with Crippen molar-refractivity contribution in [2.75, 3.05) is 11.9 Å². The van der Waals surface area contributed by atoms with Gasteiger partial charge in [0.1, 0.15) is 6.33 Å². The minimum atomic E-state index is -0.167. The van der Waals surface area contributed by atoms with Crippen molar-refractivity contribution in [3.05, 3.63) is 6.33 Å². The number of amides is 1. The van der Waals surface area contributed by atoms with Crippen molar-refractivity contribution in [3.8, 4) is 0 Å². The standard InChI is InChI=1S/C9H16N4OS/c1-9(2,3)13-7(14)4-5-10-8-11-6-12-15-8/h6H,4-5H2,1-3H3,(H,13,14)(H,10,11,12). The SMILES string of the molecule is CC(C)(C)NC(=O)CCNc1ncns1. The lowest BCUT2D eigenvalue weighted by Crippen LogP contribution is -2.41. The molecule has 0 aromatic carbocycles. The maximum Gasteiger partial charge on any atom is 0.222 e. The highest BCUT2D eigenvalue weighted by atomic mass is 32.1. The minimum Gasteiger partial charge on any atom is -0.360 e. The molecule has 0 atom stereocenters. The second-order valence-electron chi connectivity index (χ2n) is 4.22. The number of aromatic nitrogens is 2. The number of rotatable bonds is 4. The van der Waals surface area contributed by atoms with Crippen LogP contribution in [0, 0.1) is 0 Å². The predicted molar refractivity (Wildman–Crippen MR) is 60.9 cm³/mol. The molecule has 1 heterocycles. The van der Waals surface area contributed by atoms with Crippen LogP contribution >= 0.6 is 11.5 Å². The lowest BCUT2D eigenvalue weighted by atomic mass is 10.1. The maximum atomic E-state index is 11.4. The van der Waals surface area contributed by atoms with Crippen molar-refractivity contribution in [1.29, 1.82) is 0 Å². The highest BCUT2D eigenvalue weighted by Gasteiger charge is 2.12. The molecule has 1 aromatic heterocycles. The van der Waals surface area contributed by atoms with Crippen LogP contribution in [0.2, 0.25) is 0 Å². The van der Waals surface area contributed by atoms with Gasteiger partial charge in [0.25, 0.3) is 0 Å². The summed E-state index contributed by atoms with van der Waals surface area (Å²) in [6.07, 6.45) is 1.93. The second kappa shape index (κ2) is 5.06. The first-order chi connectivity index (χ1) is 6.97. The first-order valence-electron chi connectivity index (χ1n) is 4.79. The van der Waals surface area contributed by atoms with Gasteiger partial charge in [0.05, 0.1) is 0 Å². The van der Waals surface area contributed by atoms with Gasteiger partial charge in [0, 0.05) is 30.0 Å². The summed E-state index contributed by atoms with van der Waals surface area (Å²) < 4.78 is 3.85. The highest BCUT2D eigenvalue weighted by molar-refractivity contribution is 7.09. The number of anilines is 1. The molecule has 0 aliphatic heterocycles. The number of carbonyl (C=O) groups excluding carboxylic acids is 1. The molecular weight excluding hydrogens is 212 g/mol. The molecule has 1 rings (SSSR count). The van der Waals surface area contributed by atoms with Crippen molar-refractivity contribution in [1.82, 2.24) is 14.7 Å². The zero-order valence-corrected chi connectivity index (χ0v) is 10.0. The number of hydrogen-bond acceptors (Lipinski definition) is 5. The largest absolute Gasteiger partial charge is 0.360 e. The molecule has 0 spiro atoms. The van der Waals surface area contributed by atoms with Crippen LogP contribution in [0.5, 0.6) is 0 Å². The third-order valence-corrected chi connectivity index (χ3v) is 2.13. The summed E-state index contributed by atoms with van der Waals surface area (Å²) >= 11 is 1.28. The molecule has 0 saturated heterocycles. The molecule has 0 aliphatic carbocycles. The van der Waals surface area contributed by atoms with Crippen molar-refractivity contribution in [2.24, 2.45) is 0 Å². The Morgan fingerprint density at radius 2 is 2.27 bits per heavy atom. The summed E-state index contributed by atoms with van der Waals surface area (Å²) in [6.45, 7) is 6.46. The van der Waals surface area contributed by atoms with E-state index in [0.29, 0.717) is 13.0 Å². The number of hydrogen-bond donors (Lipinski definition) is 2. The molecule has 6 heteroatoms. The molecule has 5 nitrogen and oxygen atoms in total. The lowest BCUT2D eigenvalue weighted by Gasteiger charge is -2.20. The van der Waals surface area contributed by atoms with Crippen LogP contribution in [0.1, 0.15) is 27.2 Å². The smallest absolute Gasteiger partial charge is 0.222 e. The second-order valence-corrected chi connectivity index (χ2v) is 5.00. The molecule has 0 radical (unpaired) electrons. The van der Waals surface area contributed by atoms with E-state index in [1.165, 1.54) is 17.9 Å². The third-order valence-electron chi connectivity index (χ3n) is 1.50. The fraction of sp³-hybridized carbons (Fsp3) is 0.667. The number of nitrogens with zero attached hydrogens (tertiary/aromatic N) is 2. The molecule has 1 amide bonds. The van der Waals surface area contributed by atoms with Crippen LogP contribution in [0.3, 0.4) is 0 Å². The molecule has 0 bridgehead atoms. The first-order valence-corrected chi connectivity index (χ1v) is 5.56. The fourth-order valence-corrected chi connectivity index (χ4v) is 1.47. The minimum absolute atomic E-state index is 0.0412. The van der Waals surface area contributed by atoms with Crippen LogP contribution < -0.4 is 10.6 Å². The van der Waals surface area contributed by atoms with Gasteiger partial charge in [0.2, 0.25) is 11.0 Å². The number of carbonyl (C=O) groups is 1. The van der Waals surface area contributed by atoms with Crippen molar-refractivity contribution in [3.63, 3.8) is 0 Å². The van der Waals surface area contributed by atoms with Gasteiger partial charge in [0.15, 0.2) is 0 Å². The summed E-state index contributed by atoms with van der Waals surface area (Å²) in [6, 6.07) is 0. The van der Waals surface area contributed by atoms with Crippen LogP contribution in [0.15, 0.2) is 6.33 Å². The summed E-state index contributed by atoms with van der Waals surface area (Å²) in [7, 11) is 0. The van der Waals surface area contributed by atoms with Gasteiger partial charge in [-0.1, -0.05) is 0 Å². The van der Waals surface area contributed by atoms with E-state index in [0.717, 1.165) is 5.13 Å². The molecule has 84 valence electrons. The molecule has 0 saturated carbocycles. The summed E-state index contributed by atoms with van der Waals surface area (Å²) in [4.78, 5) is 15.4. The van der Waals surface area contributed by atoms with Crippen molar-refractivity contribution >= 4 is 22.6 Å². The van der Waals surface area contributed by atoms with Gasteiger partial charge in [-0.15, -0.1) is 0 Å². The molecule has 15 heavy (non-hydrogen) atoms.